The summed E-state index contributed by atoms with van der Waals surface area (Å²) in [6.45, 7) is -0.0204. The van der Waals surface area contributed by atoms with Gasteiger partial charge in [0, 0.05) is 38.5 Å². The van der Waals surface area contributed by atoms with Crippen molar-refractivity contribution in [3.8, 4) is 23.3 Å². The van der Waals surface area contributed by atoms with Gasteiger partial charge in [0.2, 0.25) is 5.16 Å². The lowest BCUT2D eigenvalue weighted by atomic mass is 10.2. The predicted molar refractivity (Wildman–Crippen MR) is 141 cm³/mol. The van der Waals surface area contributed by atoms with Crippen LogP contribution in [0.4, 0.5) is 5.82 Å². The Balaban J connectivity index is 1.76. The largest absolute Gasteiger partial charge is 0.497 e. The number of anilines is 1. The van der Waals surface area contributed by atoms with Crippen LogP contribution in [0.1, 0.15) is 11.1 Å². The van der Waals surface area contributed by atoms with E-state index < -0.39 is 22.0 Å². The first-order chi connectivity index (χ1) is 17.8. The quantitative estimate of drug-likeness (QED) is 0.360. The fraction of sp³-hybridized carbons (Fsp3) is 0.280. The number of methoxy groups -OCH3 is 2. The molecule has 4 aromatic rings. The number of ether oxygens (including phenoxy) is 2. The van der Waals surface area contributed by atoms with Crippen molar-refractivity contribution in [2.75, 3.05) is 26.6 Å². The summed E-state index contributed by atoms with van der Waals surface area (Å²) in [7, 11) is 6.15. The highest BCUT2D eigenvalue weighted by Crippen LogP contribution is 2.27. The van der Waals surface area contributed by atoms with Gasteiger partial charge in [0.05, 0.1) is 37.3 Å². The number of benzene rings is 1. The van der Waals surface area contributed by atoms with Crippen molar-refractivity contribution >= 4 is 27.8 Å². The molecule has 0 fully saturated rings. The number of rotatable bonds is 7. The zero-order chi connectivity index (χ0) is 26.7. The highest BCUT2D eigenvalue weighted by Gasteiger charge is 2.22. The number of nitrogens with one attached hydrogen (secondary N) is 1. The molecular weight excluding hydrogens is 496 g/mol. The van der Waals surface area contributed by atoms with E-state index in [-0.39, 0.29) is 28.6 Å². The first-order valence-corrected chi connectivity index (χ1v) is 12.5. The number of imidazole rings is 1. The van der Waals surface area contributed by atoms with Crippen molar-refractivity contribution in [1.29, 1.82) is 0 Å². The van der Waals surface area contributed by atoms with Crippen molar-refractivity contribution in [1.82, 2.24) is 23.7 Å². The van der Waals surface area contributed by atoms with E-state index in [4.69, 9.17) is 9.47 Å². The fourth-order valence-electron chi connectivity index (χ4n) is 3.82. The first kappa shape index (κ1) is 25.7. The molecule has 1 N–H and O–H groups in total. The molecule has 0 bridgehead atoms. The van der Waals surface area contributed by atoms with Crippen LogP contribution in [0, 0.1) is 11.8 Å². The molecule has 3 aromatic heterocycles. The van der Waals surface area contributed by atoms with E-state index in [0.717, 1.165) is 4.57 Å². The Morgan fingerprint density at radius 1 is 1.08 bits per heavy atom. The van der Waals surface area contributed by atoms with Gasteiger partial charge in [0.1, 0.15) is 17.3 Å². The second kappa shape index (κ2) is 10.7. The maximum Gasteiger partial charge on any atom is 0.333 e. The molecule has 1 unspecified atom stereocenters. The number of hydrogen-bond donors (Lipinski definition) is 1. The van der Waals surface area contributed by atoms with Crippen molar-refractivity contribution in [2.24, 2.45) is 14.1 Å². The topological polar surface area (TPSA) is 122 Å². The normalized spacial score (nSPS) is 11.6. The summed E-state index contributed by atoms with van der Waals surface area (Å²) in [6, 6.07) is 8.75. The van der Waals surface area contributed by atoms with Crippen molar-refractivity contribution < 1.29 is 13.7 Å². The van der Waals surface area contributed by atoms with E-state index in [2.05, 4.69) is 27.1 Å². The average Bonchev–Trinajstić information content (AvgIpc) is 3.26. The van der Waals surface area contributed by atoms with Gasteiger partial charge in [0.15, 0.2) is 11.2 Å². The molecule has 4 rings (SSSR count). The number of aryl methyl sites for hydroxylation is 1. The van der Waals surface area contributed by atoms with E-state index in [9.17, 15) is 13.8 Å². The van der Waals surface area contributed by atoms with E-state index in [1.165, 1.54) is 23.3 Å². The van der Waals surface area contributed by atoms with E-state index in [1.807, 2.05) is 0 Å². The van der Waals surface area contributed by atoms with Gasteiger partial charge in [-0.1, -0.05) is 11.8 Å². The van der Waals surface area contributed by atoms with Crippen LogP contribution in [0.5, 0.6) is 11.5 Å². The van der Waals surface area contributed by atoms with Crippen LogP contribution >= 0.6 is 0 Å². The van der Waals surface area contributed by atoms with Gasteiger partial charge >= 0.3 is 5.69 Å². The van der Waals surface area contributed by atoms with Gasteiger partial charge in [-0.3, -0.25) is 18.1 Å². The standard InChI is InChI=1S/C25H26N6O5S/c1-26-20-13-16(10-11-27-20)7-6-12-31-22-21(23(32)30(3)25(31)33)29(2)24(28-22)37(34)15-17-14-18(35-4)8-9-19(17)36-5/h8-11,13-14H,12,15H2,1-5H3,(H,26,27). The van der Waals surface area contributed by atoms with Gasteiger partial charge < -0.3 is 19.4 Å². The first-order valence-electron chi connectivity index (χ1n) is 11.2. The number of fused-ring (bicyclic) bond motifs is 1. The van der Waals surface area contributed by atoms with E-state index in [0.29, 0.717) is 28.4 Å². The number of aromatic nitrogens is 5. The molecule has 0 spiro atoms. The van der Waals surface area contributed by atoms with E-state index >= 15 is 0 Å². The third-order valence-corrected chi connectivity index (χ3v) is 7.13. The Bertz CT molecular complexity index is 1690. The summed E-state index contributed by atoms with van der Waals surface area (Å²) < 4.78 is 27.9. The molecule has 0 radical (unpaired) electrons. The number of hydrogen-bond acceptors (Lipinski definition) is 8. The van der Waals surface area contributed by atoms with Gasteiger partial charge in [-0.15, -0.1) is 0 Å². The number of pyridine rings is 1. The monoisotopic (exact) mass is 522 g/mol. The molecular formula is C25H26N6O5S. The molecule has 192 valence electrons. The highest BCUT2D eigenvalue weighted by molar-refractivity contribution is 7.84. The molecule has 1 aromatic carbocycles. The summed E-state index contributed by atoms with van der Waals surface area (Å²) in [5.74, 6) is 7.83. The molecule has 1 atom stereocenters. The van der Waals surface area contributed by atoms with Crippen LogP contribution in [0.2, 0.25) is 0 Å². The Labute approximate surface area is 215 Å². The van der Waals surface area contributed by atoms with Gasteiger partial charge in [-0.2, -0.15) is 0 Å². The van der Waals surface area contributed by atoms with Crippen LogP contribution in [-0.4, -0.2) is 49.1 Å². The van der Waals surface area contributed by atoms with Crippen LogP contribution in [0.25, 0.3) is 11.2 Å². The third-order valence-electron chi connectivity index (χ3n) is 5.78. The minimum Gasteiger partial charge on any atom is -0.497 e. The lowest BCUT2D eigenvalue weighted by molar-refractivity contribution is 0.400. The Hall–Kier alpha value is -4.37. The molecule has 0 aliphatic rings. The summed E-state index contributed by atoms with van der Waals surface area (Å²) in [6.07, 6.45) is 1.63. The number of nitrogens with zero attached hydrogens (tertiary/aromatic N) is 5. The highest BCUT2D eigenvalue weighted by atomic mass is 32.2. The lowest BCUT2D eigenvalue weighted by Crippen LogP contribution is -2.38. The van der Waals surface area contributed by atoms with E-state index in [1.54, 1.807) is 57.7 Å². The van der Waals surface area contributed by atoms with Gasteiger partial charge in [0.25, 0.3) is 5.56 Å². The Morgan fingerprint density at radius 2 is 1.86 bits per heavy atom. The molecule has 0 saturated heterocycles. The Morgan fingerprint density at radius 3 is 2.57 bits per heavy atom. The summed E-state index contributed by atoms with van der Waals surface area (Å²) >= 11 is 0. The minimum absolute atomic E-state index is 0.0204. The van der Waals surface area contributed by atoms with Crippen LogP contribution in [-0.2, 0) is 37.2 Å². The zero-order valence-electron chi connectivity index (χ0n) is 21.1. The Kier molecular flexibility index (Phi) is 7.45. The molecule has 11 nitrogen and oxygen atoms in total. The molecule has 0 amide bonds. The van der Waals surface area contributed by atoms with Crippen molar-refractivity contribution in [2.45, 2.75) is 17.5 Å². The second-order valence-corrected chi connectivity index (χ2v) is 9.35. The fourth-order valence-corrected chi connectivity index (χ4v) is 5.04. The summed E-state index contributed by atoms with van der Waals surface area (Å²) in [5, 5.41) is 3.09. The molecule has 0 aliphatic heterocycles. The second-order valence-electron chi connectivity index (χ2n) is 8.01. The zero-order valence-corrected chi connectivity index (χ0v) is 21.9. The SMILES string of the molecule is CNc1cc(C#CCn2c(=O)n(C)c(=O)c3c2nc(S(=O)Cc2cc(OC)ccc2OC)n3C)ccn1. The average molecular weight is 523 g/mol. The molecule has 37 heavy (non-hydrogen) atoms. The molecule has 12 heteroatoms. The molecule has 3 heterocycles. The lowest BCUT2D eigenvalue weighted by Gasteiger charge is -2.10. The van der Waals surface area contributed by atoms with Crippen molar-refractivity contribution in [3.05, 3.63) is 68.5 Å². The molecule has 0 aliphatic carbocycles. The van der Waals surface area contributed by atoms with Crippen molar-refractivity contribution in [3.63, 3.8) is 0 Å². The van der Waals surface area contributed by atoms with Gasteiger partial charge in [-0.25, -0.2) is 14.8 Å². The summed E-state index contributed by atoms with van der Waals surface area (Å²) in [4.78, 5) is 34.6. The van der Waals surface area contributed by atoms with Crippen LogP contribution in [0.15, 0.2) is 51.3 Å². The molecule has 0 saturated carbocycles. The maximum atomic E-state index is 13.4. The smallest absolute Gasteiger partial charge is 0.333 e. The van der Waals surface area contributed by atoms with Crippen LogP contribution < -0.4 is 26.0 Å². The predicted octanol–water partition coefficient (Wildman–Crippen LogP) is 1.25. The maximum absolute atomic E-state index is 13.4. The van der Waals surface area contributed by atoms with Crippen LogP contribution in [0.3, 0.4) is 0 Å². The third kappa shape index (κ3) is 4.99. The summed E-state index contributed by atoms with van der Waals surface area (Å²) in [5.41, 5.74) is 0.546. The minimum atomic E-state index is -1.67. The van der Waals surface area contributed by atoms with Gasteiger partial charge in [-0.05, 0) is 30.3 Å².